The van der Waals surface area contributed by atoms with Crippen molar-refractivity contribution in [2.75, 3.05) is 12.3 Å². The maximum Gasteiger partial charge on any atom is 0.315 e. The molecule has 2 amide bonds. The average Bonchev–Trinajstić information content (AvgIpc) is 2.51. The summed E-state index contributed by atoms with van der Waals surface area (Å²) in [5.74, 6) is -0.0695. The quantitative estimate of drug-likeness (QED) is 0.872. The van der Waals surface area contributed by atoms with Gasteiger partial charge in [-0.1, -0.05) is 36.4 Å². The number of hydrogen-bond acceptors (Lipinski definition) is 3. The smallest absolute Gasteiger partial charge is 0.315 e. The third-order valence-corrected chi connectivity index (χ3v) is 6.46. The van der Waals surface area contributed by atoms with Crippen molar-refractivity contribution in [1.29, 1.82) is 0 Å². The SMILES string of the molecule is CC(C)(C)S(=O)(=O)CCNC(=O)NCc1ccc2ccccc2c1. The average molecular weight is 348 g/mol. The van der Waals surface area contributed by atoms with Crippen LogP contribution in [0.25, 0.3) is 10.8 Å². The zero-order valence-electron chi connectivity index (χ0n) is 14.3. The van der Waals surface area contributed by atoms with Gasteiger partial charge < -0.3 is 10.6 Å². The third kappa shape index (κ3) is 4.71. The molecule has 0 aliphatic heterocycles. The van der Waals surface area contributed by atoms with Crippen molar-refractivity contribution in [2.24, 2.45) is 0 Å². The number of urea groups is 1. The van der Waals surface area contributed by atoms with E-state index in [1.54, 1.807) is 20.8 Å². The van der Waals surface area contributed by atoms with Gasteiger partial charge in [-0.05, 0) is 43.2 Å². The van der Waals surface area contributed by atoms with Crippen LogP contribution in [0.4, 0.5) is 4.79 Å². The highest BCUT2D eigenvalue weighted by Gasteiger charge is 2.28. The minimum absolute atomic E-state index is 0.0695. The van der Waals surface area contributed by atoms with Crippen LogP contribution < -0.4 is 10.6 Å². The number of rotatable bonds is 5. The molecule has 0 aromatic heterocycles. The lowest BCUT2D eigenvalue weighted by atomic mass is 10.1. The molecule has 0 aliphatic rings. The molecular formula is C18H24N2O3S. The number of carbonyl (C=O) groups excluding carboxylic acids is 1. The predicted octanol–water partition coefficient (Wildman–Crippen LogP) is 2.85. The molecule has 2 N–H and O–H groups in total. The molecule has 0 heterocycles. The Morgan fingerprint density at radius 2 is 1.67 bits per heavy atom. The van der Waals surface area contributed by atoms with Gasteiger partial charge in [-0.3, -0.25) is 0 Å². The van der Waals surface area contributed by atoms with Crippen LogP contribution in [0.2, 0.25) is 0 Å². The van der Waals surface area contributed by atoms with E-state index in [2.05, 4.69) is 10.6 Å². The number of amides is 2. The fraction of sp³-hybridized carbons (Fsp3) is 0.389. The molecule has 0 fully saturated rings. The molecule has 24 heavy (non-hydrogen) atoms. The summed E-state index contributed by atoms with van der Waals surface area (Å²) in [7, 11) is -3.23. The Morgan fingerprint density at radius 1 is 1.00 bits per heavy atom. The van der Waals surface area contributed by atoms with Crippen LogP contribution >= 0.6 is 0 Å². The van der Waals surface area contributed by atoms with E-state index in [-0.39, 0.29) is 18.3 Å². The summed E-state index contributed by atoms with van der Waals surface area (Å²) < 4.78 is 23.1. The summed E-state index contributed by atoms with van der Waals surface area (Å²) in [6.45, 7) is 5.46. The first-order chi connectivity index (χ1) is 11.2. The van der Waals surface area contributed by atoms with Gasteiger partial charge in [0.05, 0.1) is 10.5 Å². The molecule has 2 aromatic rings. The van der Waals surface area contributed by atoms with Gasteiger partial charge in [0, 0.05) is 13.1 Å². The van der Waals surface area contributed by atoms with Crippen molar-refractivity contribution in [2.45, 2.75) is 32.1 Å². The molecule has 2 rings (SSSR count). The van der Waals surface area contributed by atoms with E-state index in [0.717, 1.165) is 16.3 Å². The number of sulfone groups is 1. The van der Waals surface area contributed by atoms with Crippen molar-refractivity contribution >= 4 is 26.6 Å². The number of hydrogen-bond donors (Lipinski definition) is 2. The van der Waals surface area contributed by atoms with Crippen molar-refractivity contribution in [3.63, 3.8) is 0 Å². The highest BCUT2D eigenvalue weighted by Crippen LogP contribution is 2.16. The first-order valence-electron chi connectivity index (χ1n) is 7.91. The number of nitrogens with one attached hydrogen (secondary N) is 2. The topological polar surface area (TPSA) is 75.3 Å². The van der Waals surface area contributed by atoms with Crippen molar-refractivity contribution in [3.8, 4) is 0 Å². The first kappa shape index (κ1) is 18.3. The molecule has 0 bridgehead atoms. The van der Waals surface area contributed by atoms with Crippen LogP contribution in [0.3, 0.4) is 0 Å². The van der Waals surface area contributed by atoms with Crippen LogP contribution in [-0.4, -0.2) is 31.5 Å². The van der Waals surface area contributed by atoms with Crippen LogP contribution in [0, 0.1) is 0 Å². The van der Waals surface area contributed by atoms with Crippen LogP contribution in [0.15, 0.2) is 42.5 Å². The van der Waals surface area contributed by atoms with E-state index in [1.807, 2.05) is 42.5 Å². The van der Waals surface area contributed by atoms with Crippen molar-refractivity contribution in [1.82, 2.24) is 10.6 Å². The normalized spacial score (nSPS) is 12.1. The Labute approximate surface area is 143 Å². The Morgan fingerprint density at radius 3 is 2.33 bits per heavy atom. The van der Waals surface area contributed by atoms with E-state index in [0.29, 0.717) is 6.54 Å². The molecule has 0 radical (unpaired) electrons. The molecule has 0 saturated heterocycles. The lowest BCUT2D eigenvalue weighted by Crippen LogP contribution is -2.40. The van der Waals surface area contributed by atoms with Gasteiger partial charge in [-0.15, -0.1) is 0 Å². The van der Waals surface area contributed by atoms with E-state index >= 15 is 0 Å². The summed E-state index contributed by atoms with van der Waals surface area (Å²) >= 11 is 0. The van der Waals surface area contributed by atoms with E-state index in [1.165, 1.54) is 0 Å². The summed E-state index contributed by atoms with van der Waals surface area (Å²) in [6.07, 6.45) is 0. The number of benzene rings is 2. The van der Waals surface area contributed by atoms with Gasteiger partial charge in [0.25, 0.3) is 0 Å². The molecule has 0 unspecified atom stereocenters. The lowest BCUT2D eigenvalue weighted by Gasteiger charge is -2.19. The van der Waals surface area contributed by atoms with Gasteiger partial charge in [0.2, 0.25) is 0 Å². The van der Waals surface area contributed by atoms with Gasteiger partial charge in [0.15, 0.2) is 9.84 Å². The van der Waals surface area contributed by atoms with Crippen LogP contribution in [-0.2, 0) is 16.4 Å². The van der Waals surface area contributed by atoms with Crippen molar-refractivity contribution in [3.05, 3.63) is 48.0 Å². The second kappa shape index (κ2) is 7.21. The molecule has 0 atom stereocenters. The first-order valence-corrected chi connectivity index (χ1v) is 9.56. The number of fused-ring (bicyclic) bond motifs is 1. The van der Waals surface area contributed by atoms with Gasteiger partial charge in [0.1, 0.15) is 0 Å². The molecule has 130 valence electrons. The zero-order chi connectivity index (χ0) is 17.8. The largest absolute Gasteiger partial charge is 0.337 e. The highest BCUT2D eigenvalue weighted by atomic mass is 32.2. The van der Waals surface area contributed by atoms with E-state index < -0.39 is 14.6 Å². The lowest BCUT2D eigenvalue weighted by molar-refractivity contribution is 0.241. The molecule has 0 spiro atoms. The van der Waals surface area contributed by atoms with Gasteiger partial charge in [-0.2, -0.15) is 0 Å². The zero-order valence-corrected chi connectivity index (χ0v) is 15.1. The van der Waals surface area contributed by atoms with Gasteiger partial charge >= 0.3 is 6.03 Å². The second-order valence-electron chi connectivity index (χ2n) is 6.72. The molecule has 2 aromatic carbocycles. The third-order valence-electron chi connectivity index (χ3n) is 3.86. The maximum absolute atomic E-state index is 12.0. The minimum atomic E-state index is -3.23. The molecule has 0 aliphatic carbocycles. The number of carbonyl (C=O) groups is 1. The van der Waals surface area contributed by atoms with Crippen molar-refractivity contribution < 1.29 is 13.2 Å². The highest BCUT2D eigenvalue weighted by molar-refractivity contribution is 7.92. The van der Waals surface area contributed by atoms with E-state index in [9.17, 15) is 13.2 Å². The summed E-state index contributed by atoms with van der Waals surface area (Å²) in [4.78, 5) is 11.8. The Bertz CT molecular complexity index is 824. The fourth-order valence-electron chi connectivity index (χ4n) is 2.20. The van der Waals surface area contributed by atoms with Crippen LogP contribution in [0.1, 0.15) is 26.3 Å². The Hall–Kier alpha value is -2.08. The maximum atomic E-state index is 12.0. The summed E-state index contributed by atoms with van der Waals surface area (Å²) in [6, 6.07) is 13.7. The minimum Gasteiger partial charge on any atom is -0.337 e. The monoisotopic (exact) mass is 348 g/mol. The Kier molecular flexibility index (Phi) is 5.49. The fourth-order valence-corrected chi connectivity index (χ4v) is 3.18. The molecular weight excluding hydrogens is 324 g/mol. The molecule has 0 saturated carbocycles. The predicted molar refractivity (Wildman–Crippen MR) is 97.7 cm³/mol. The van der Waals surface area contributed by atoms with Crippen LogP contribution in [0.5, 0.6) is 0 Å². The van der Waals surface area contributed by atoms with E-state index in [4.69, 9.17) is 0 Å². The second-order valence-corrected chi connectivity index (χ2v) is 9.58. The molecule has 6 heteroatoms. The summed E-state index contributed by atoms with van der Waals surface area (Å²) in [5.41, 5.74) is 0.992. The van der Waals surface area contributed by atoms with Gasteiger partial charge in [-0.25, -0.2) is 13.2 Å². The standard InChI is InChI=1S/C18H24N2O3S/c1-18(2,3)24(22,23)11-10-19-17(21)20-13-14-8-9-15-6-4-5-7-16(15)12-14/h4-9,12H,10-11,13H2,1-3H3,(H2,19,20,21). The molecule has 5 nitrogen and oxygen atoms in total. The summed E-state index contributed by atoms with van der Waals surface area (Å²) in [5, 5.41) is 7.60. The Balaban J connectivity index is 1.82.